The molecule has 0 aromatic heterocycles. The zero-order chi connectivity index (χ0) is 11.4. The number of benzene rings is 1. The lowest BCUT2D eigenvalue weighted by Crippen LogP contribution is -2.05. The fraction of sp³-hybridized carbons (Fsp3) is 0.273. The van der Waals surface area contributed by atoms with Crippen molar-refractivity contribution in [2.45, 2.75) is 12.8 Å². The summed E-state index contributed by atoms with van der Waals surface area (Å²) in [4.78, 5) is 11.3. The van der Waals surface area contributed by atoms with Gasteiger partial charge in [0.1, 0.15) is 0 Å². The molecule has 0 saturated heterocycles. The van der Waals surface area contributed by atoms with Crippen molar-refractivity contribution in [3.63, 3.8) is 0 Å². The van der Waals surface area contributed by atoms with E-state index in [4.69, 9.17) is 16.9 Å². The molecule has 0 unspecified atom stereocenters. The third kappa shape index (κ3) is 2.28. The molecule has 0 aliphatic rings. The molecule has 3 nitrogen and oxygen atoms in total. The van der Waals surface area contributed by atoms with E-state index in [2.05, 4.69) is 4.74 Å². The highest BCUT2D eigenvalue weighted by Crippen LogP contribution is 2.18. The molecular weight excluding hydrogens is 214 g/mol. The molecule has 0 heterocycles. The minimum absolute atomic E-state index is 0.255. The van der Waals surface area contributed by atoms with Crippen molar-refractivity contribution in [1.29, 1.82) is 5.26 Å². The quantitative estimate of drug-likeness (QED) is 0.571. The molecule has 0 aliphatic carbocycles. The number of hydrogen-bond acceptors (Lipinski definition) is 3. The van der Waals surface area contributed by atoms with Crippen molar-refractivity contribution in [2.24, 2.45) is 0 Å². The fourth-order valence-electron chi connectivity index (χ4n) is 1.31. The van der Waals surface area contributed by atoms with Gasteiger partial charge < -0.3 is 4.74 Å². The molecule has 0 aliphatic heterocycles. The summed E-state index contributed by atoms with van der Waals surface area (Å²) in [6.07, 6.45) is 0. The summed E-state index contributed by atoms with van der Waals surface area (Å²) in [5, 5.41) is 8.86. The van der Waals surface area contributed by atoms with E-state index >= 15 is 0 Å². The molecule has 0 bridgehead atoms. The first-order valence-electron chi connectivity index (χ1n) is 4.32. The summed E-state index contributed by atoms with van der Waals surface area (Å²) in [5.74, 6) is -0.185. The normalized spacial score (nSPS) is 9.47. The Bertz CT molecular complexity index is 435. The highest BCUT2D eigenvalue weighted by atomic mass is 35.5. The summed E-state index contributed by atoms with van der Waals surface area (Å²) in [6.45, 7) is 1.78. The van der Waals surface area contributed by atoms with Crippen LogP contribution in [0.1, 0.15) is 27.0 Å². The standard InChI is InChI=1S/C11H10ClNO2/c1-7-3-8(5-12)9(6-13)4-10(7)11(14)15-2/h3-4H,5H2,1-2H3. The number of methoxy groups -OCH3 is 1. The summed E-state index contributed by atoms with van der Waals surface area (Å²) < 4.78 is 4.61. The molecule has 1 rings (SSSR count). The third-order valence-corrected chi connectivity index (χ3v) is 2.41. The zero-order valence-corrected chi connectivity index (χ0v) is 9.26. The van der Waals surface area contributed by atoms with Crippen LogP contribution < -0.4 is 0 Å². The Kier molecular flexibility index (Phi) is 3.70. The van der Waals surface area contributed by atoms with Gasteiger partial charge in [-0.15, -0.1) is 11.6 Å². The van der Waals surface area contributed by atoms with Gasteiger partial charge in [0.15, 0.2) is 0 Å². The first-order chi connectivity index (χ1) is 7.13. The van der Waals surface area contributed by atoms with Crippen LogP contribution in [0.5, 0.6) is 0 Å². The van der Waals surface area contributed by atoms with Gasteiger partial charge in [-0.2, -0.15) is 5.26 Å². The molecular formula is C11H10ClNO2. The zero-order valence-electron chi connectivity index (χ0n) is 8.50. The van der Waals surface area contributed by atoms with Gasteiger partial charge in [0.2, 0.25) is 0 Å². The average Bonchev–Trinajstić information content (AvgIpc) is 2.27. The Labute approximate surface area is 93.2 Å². The number of aryl methyl sites for hydroxylation is 1. The lowest BCUT2D eigenvalue weighted by Gasteiger charge is -2.07. The second kappa shape index (κ2) is 4.81. The largest absolute Gasteiger partial charge is 0.465 e. The predicted molar refractivity (Wildman–Crippen MR) is 56.8 cm³/mol. The number of esters is 1. The van der Waals surface area contributed by atoms with Crippen LogP contribution in [0.2, 0.25) is 0 Å². The Balaban J connectivity index is 3.33. The van der Waals surface area contributed by atoms with E-state index in [-0.39, 0.29) is 5.88 Å². The van der Waals surface area contributed by atoms with Crippen LogP contribution in [0, 0.1) is 18.3 Å². The molecule has 0 N–H and O–H groups in total. The number of rotatable bonds is 2. The van der Waals surface area contributed by atoms with Gasteiger partial charge in [-0.05, 0) is 24.1 Å². The monoisotopic (exact) mass is 223 g/mol. The van der Waals surface area contributed by atoms with Gasteiger partial charge in [0.05, 0.1) is 24.3 Å². The van der Waals surface area contributed by atoms with E-state index in [0.717, 1.165) is 11.1 Å². The molecule has 0 saturated carbocycles. The van der Waals surface area contributed by atoms with Crippen LogP contribution in [-0.2, 0) is 10.6 Å². The van der Waals surface area contributed by atoms with Gasteiger partial charge >= 0.3 is 5.97 Å². The van der Waals surface area contributed by atoms with E-state index in [1.54, 1.807) is 13.0 Å². The Morgan fingerprint density at radius 1 is 1.60 bits per heavy atom. The number of carbonyl (C=O) groups is 1. The van der Waals surface area contributed by atoms with Crippen LogP contribution >= 0.6 is 11.6 Å². The molecule has 1 aromatic carbocycles. The summed E-state index contributed by atoms with van der Waals surface area (Å²) >= 11 is 5.68. The summed E-state index contributed by atoms with van der Waals surface area (Å²) in [5.41, 5.74) is 2.31. The topological polar surface area (TPSA) is 50.1 Å². The fourth-order valence-corrected chi connectivity index (χ4v) is 1.53. The van der Waals surface area contributed by atoms with E-state index < -0.39 is 5.97 Å². The molecule has 78 valence electrons. The number of alkyl halides is 1. The van der Waals surface area contributed by atoms with Crippen LogP contribution in [0.3, 0.4) is 0 Å². The van der Waals surface area contributed by atoms with Crippen molar-refractivity contribution < 1.29 is 9.53 Å². The van der Waals surface area contributed by atoms with Crippen molar-refractivity contribution in [1.82, 2.24) is 0 Å². The maximum atomic E-state index is 11.3. The Morgan fingerprint density at radius 3 is 2.73 bits per heavy atom. The highest BCUT2D eigenvalue weighted by Gasteiger charge is 2.12. The number of nitriles is 1. The van der Waals surface area contributed by atoms with Gasteiger partial charge in [0.25, 0.3) is 0 Å². The van der Waals surface area contributed by atoms with E-state index in [0.29, 0.717) is 11.1 Å². The average molecular weight is 224 g/mol. The summed E-state index contributed by atoms with van der Waals surface area (Å²) in [6, 6.07) is 5.25. The van der Waals surface area contributed by atoms with Crippen LogP contribution in [0.15, 0.2) is 12.1 Å². The lowest BCUT2D eigenvalue weighted by molar-refractivity contribution is 0.0600. The van der Waals surface area contributed by atoms with E-state index in [1.807, 2.05) is 6.07 Å². The third-order valence-electron chi connectivity index (χ3n) is 2.12. The number of carbonyl (C=O) groups excluding carboxylic acids is 1. The number of hydrogen-bond donors (Lipinski definition) is 0. The Hall–Kier alpha value is -1.53. The molecule has 15 heavy (non-hydrogen) atoms. The smallest absolute Gasteiger partial charge is 0.338 e. The van der Waals surface area contributed by atoms with Crippen molar-refractivity contribution in [3.8, 4) is 6.07 Å². The highest BCUT2D eigenvalue weighted by molar-refractivity contribution is 6.17. The second-order valence-corrected chi connectivity index (χ2v) is 3.33. The molecule has 0 spiro atoms. The van der Waals surface area contributed by atoms with Crippen molar-refractivity contribution in [2.75, 3.05) is 7.11 Å². The number of nitrogens with zero attached hydrogens (tertiary/aromatic N) is 1. The van der Waals surface area contributed by atoms with Gasteiger partial charge in [0, 0.05) is 5.88 Å². The van der Waals surface area contributed by atoms with Gasteiger partial charge in [-0.1, -0.05) is 6.07 Å². The minimum Gasteiger partial charge on any atom is -0.465 e. The Morgan fingerprint density at radius 2 is 2.27 bits per heavy atom. The summed E-state index contributed by atoms with van der Waals surface area (Å²) in [7, 11) is 1.31. The molecule has 1 aromatic rings. The van der Waals surface area contributed by atoms with Crippen molar-refractivity contribution in [3.05, 3.63) is 34.4 Å². The predicted octanol–water partition coefficient (Wildman–Crippen LogP) is 2.39. The molecule has 0 amide bonds. The molecule has 0 fully saturated rings. The van der Waals surface area contributed by atoms with Crippen LogP contribution in [0.25, 0.3) is 0 Å². The molecule has 0 atom stereocenters. The van der Waals surface area contributed by atoms with Crippen LogP contribution in [-0.4, -0.2) is 13.1 Å². The maximum absolute atomic E-state index is 11.3. The number of halogens is 1. The van der Waals surface area contributed by atoms with Gasteiger partial charge in [-0.25, -0.2) is 4.79 Å². The second-order valence-electron chi connectivity index (χ2n) is 3.06. The van der Waals surface area contributed by atoms with Gasteiger partial charge in [-0.3, -0.25) is 0 Å². The van der Waals surface area contributed by atoms with Crippen LogP contribution in [0.4, 0.5) is 0 Å². The minimum atomic E-state index is -0.440. The first kappa shape index (κ1) is 11.5. The molecule has 0 radical (unpaired) electrons. The molecule has 4 heteroatoms. The first-order valence-corrected chi connectivity index (χ1v) is 4.85. The van der Waals surface area contributed by atoms with E-state index in [9.17, 15) is 4.79 Å². The van der Waals surface area contributed by atoms with E-state index in [1.165, 1.54) is 13.2 Å². The van der Waals surface area contributed by atoms with Crippen molar-refractivity contribution >= 4 is 17.6 Å². The lowest BCUT2D eigenvalue weighted by atomic mass is 10.0. The maximum Gasteiger partial charge on any atom is 0.338 e. The number of ether oxygens (including phenoxy) is 1. The SMILES string of the molecule is COC(=O)c1cc(C#N)c(CCl)cc1C.